The second kappa shape index (κ2) is 9.52. The van der Waals surface area contributed by atoms with E-state index in [4.69, 9.17) is 0 Å². The number of benzene rings is 2. The van der Waals surface area contributed by atoms with Crippen LogP contribution in [-0.2, 0) is 6.54 Å². The molecule has 0 bridgehead atoms. The van der Waals surface area contributed by atoms with E-state index >= 15 is 0 Å². The molecule has 0 unspecified atom stereocenters. The third kappa shape index (κ3) is 5.32. The third-order valence-corrected chi connectivity index (χ3v) is 4.92. The predicted molar refractivity (Wildman–Crippen MR) is 111 cm³/mol. The standard InChI is InChI=1S/C22H27FN4O2/c1-25(2)15-12-24-21(28)17-8-10-19(11-9-17)27-14-5-13-26(22(27)29)16-18-6-3-4-7-20(18)23/h3-4,6-11H,5,12-16H2,1-2H3,(H,24,28). The minimum absolute atomic E-state index is 0.135. The molecule has 0 aliphatic carbocycles. The lowest BCUT2D eigenvalue weighted by Crippen LogP contribution is -2.49. The van der Waals surface area contributed by atoms with Crippen molar-refractivity contribution in [1.29, 1.82) is 0 Å². The van der Waals surface area contributed by atoms with Crippen LogP contribution in [0.4, 0.5) is 14.9 Å². The van der Waals surface area contributed by atoms with Gasteiger partial charge in [0.1, 0.15) is 5.82 Å². The zero-order valence-electron chi connectivity index (χ0n) is 16.9. The predicted octanol–water partition coefficient (Wildman–Crippen LogP) is 2.95. The van der Waals surface area contributed by atoms with Crippen molar-refractivity contribution in [3.05, 3.63) is 65.5 Å². The first-order chi connectivity index (χ1) is 14.0. The summed E-state index contributed by atoms with van der Waals surface area (Å²) in [6.07, 6.45) is 0.799. The van der Waals surface area contributed by atoms with Gasteiger partial charge in [0.05, 0.1) is 6.54 Å². The van der Waals surface area contributed by atoms with Gasteiger partial charge < -0.3 is 15.1 Å². The molecule has 1 fully saturated rings. The van der Waals surface area contributed by atoms with Crippen molar-refractivity contribution in [3.63, 3.8) is 0 Å². The Labute approximate surface area is 170 Å². The minimum Gasteiger partial charge on any atom is -0.351 e. The number of halogens is 1. The molecule has 3 rings (SSSR count). The lowest BCUT2D eigenvalue weighted by atomic mass is 10.1. The molecule has 0 radical (unpaired) electrons. The molecule has 0 saturated carbocycles. The summed E-state index contributed by atoms with van der Waals surface area (Å²) in [5, 5.41) is 2.87. The van der Waals surface area contributed by atoms with Gasteiger partial charge in [-0.15, -0.1) is 0 Å². The second-order valence-corrected chi connectivity index (χ2v) is 7.41. The number of rotatable bonds is 7. The third-order valence-electron chi connectivity index (χ3n) is 4.92. The summed E-state index contributed by atoms with van der Waals surface area (Å²) in [6, 6.07) is 13.4. The summed E-state index contributed by atoms with van der Waals surface area (Å²) in [4.78, 5) is 30.5. The Bertz CT molecular complexity index is 854. The Morgan fingerprint density at radius 1 is 1.10 bits per heavy atom. The van der Waals surface area contributed by atoms with E-state index in [0.29, 0.717) is 30.8 Å². The number of urea groups is 1. The highest BCUT2D eigenvalue weighted by Crippen LogP contribution is 2.22. The molecular weight excluding hydrogens is 371 g/mol. The first-order valence-electron chi connectivity index (χ1n) is 9.78. The Morgan fingerprint density at radius 3 is 2.52 bits per heavy atom. The number of carbonyl (C=O) groups excluding carboxylic acids is 2. The number of hydrogen-bond acceptors (Lipinski definition) is 3. The number of nitrogens with zero attached hydrogens (tertiary/aromatic N) is 3. The second-order valence-electron chi connectivity index (χ2n) is 7.41. The van der Waals surface area contributed by atoms with Gasteiger partial charge in [0.2, 0.25) is 0 Å². The fourth-order valence-corrected chi connectivity index (χ4v) is 3.29. The van der Waals surface area contributed by atoms with Crippen LogP contribution < -0.4 is 10.2 Å². The van der Waals surface area contributed by atoms with Gasteiger partial charge in [-0.05, 0) is 50.8 Å². The quantitative estimate of drug-likeness (QED) is 0.780. The summed E-state index contributed by atoms with van der Waals surface area (Å²) < 4.78 is 14.0. The number of carbonyl (C=O) groups is 2. The van der Waals surface area contributed by atoms with Gasteiger partial charge in [-0.1, -0.05) is 18.2 Å². The van der Waals surface area contributed by atoms with E-state index in [2.05, 4.69) is 5.32 Å². The van der Waals surface area contributed by atoms with E-state index < -0.39 is 0 Å². The summed E-state index contributed by atoms with van der Waals surface area (Å²) >= 11 is 0. The van der Waals surface area contributed by atoms with Gasteiger partial charge in [-0.3, -0.25) is 9.69 Å². The summed E-state index contributed by atoms with van der Waals surface area (Å²) in [5.41, 5.74) is 1.80. The molecule has 0 atom stereocenters. The lowest BCUT2D eigenvalue weighted by molar-refractivity contribution is 0.0951. The number of hydrogen-bond donors (Lipinski definition) is 1. The van der Waals surface area contributed by atoms with E-state index in [1.54, 1.807) is 52.3 Å². The van der Waals surface area contributed by atoms with Gasteiger partial charge in [-0.2, -0.15) is 0 Å². The average molecular weight is 398 g/mol. The van der Waals surface area contributed by atoms with Crippen LogP contribution in [-0.4, -0.2) is 62.0 Å². The van der Waals surface area contributed by atoms with Gasteiger partial charge >= 0.3 is 6.03 Å². The fraction of sp³-hybridized carbons (Fsp3) is 0.364. The smallest absolute Gasteiger partial charge is 0.324 e. The molecule has 7 heteroatoms. The van der Waals surface area contributed by atoms with Crippen LogP contribution >= 0.6 is 0 Å². The number of anilines is 1. The van der Waals surface area contributed by atoms with Crippen LogP contribution in [0.15, 0.2) is 48.5 Å². The highest BCUT2D eigenvalue weighted by Gasteiger charge is 2.27. The first-order valence-corrected chi connectivity index (χ1v) is 9.78. The SMILES string of the molecule is CN(C)CCNC(=O)c1ccc(N2CCCN(Cc3ccccc3F)C2=O)cc1. The van der Waals surface area contributed by atoms with Crippen molar-refractivity contribution in [2.45, 2.75) is 13.0 Å². The van der Waals surface area contributed by atoms with Crippen molar-refractivity contribution in [3.8, 4) is 0 Å². The first kappa shape index (κ1) is 20.8. The molecular formula is C22H27FN4O2. The van der Waals surface area contributed by atoms with Gasteiger partial charge in [-0.25, -0.2) is 9.18 Å². The molecule has 1 N–H and O–H groups in total. The summed E-state index contributed by atoms with van der Waals surface area (Å²) in [6.45, 7) is 2.78. The van der Waals surface area contributed by atoms with Crippen LogP contribution in [0.1, 0.15) is 22.3 Å². The molecule has 3 amide bonds. The van der Waals surface area contributed by atoms with E-state index in [9.17, 15) is 14.0 Å². The topological polar surface area (TPSA) is 55.9 Å². The number of likely N-dealkylation sites (N-methyl/N-ethyl adjacent to an activating group) is 1. The maximum Gasteiger partial charge on any atom is 0.324 e. The Hall–Kier alpha value is -2.93. The molecule has 1 heterocycles. The molecule has 0 aromatic heterocycles. The largest absolute Gasteiger partial charge is 0.351 e. The molecule has 2 aromatic rings. The average Bonchev–Trinajstić information content (AvgIpc) is 2.71. The van der Waals surface area contributed by atoms with Crippen molar-refractivity contribution in [2.75, 3.05) is 45.2 Å². The maximum absolute atomic E-state index is 14.0. The van der Waals surface area contributed by atoms with E-state index in [1.165, 1.54) is 6.07 Å². The molecule has 0 spiro atoms. The zero-order chi connectivity index (χ0) is 20.8. The monoisotopic (exact) mass is 398 g/mol. The Balaban J connectivity index is 1.64. The maximum atomic E-state index is 14.0. The van der Waals surface area contributed by atoms with Crippen molar-refractivity contribution in [2.24, 2.45) is 0 Å². The van der Waals surface area contributed by atoms with Crippen LogP contribution in [0, 0.1) is 5.82 Å². The highest BCUT2D eigenvalue weighted by molar-refractivity contribution is 5.96. The molecule has 2 aromatic carbocycles. The van der Waals surface area contributed by atoms with E-state index in [0.717, 1.165) is 18.7 Å². The molecule has 29 heavy (non-hydrogen) atoms. The highest BCUT2D eigenvalue weighted by atomic mass is 19.1. The zero-order valence-corrected chi connectivity index (χ0v) is 16.9. The molecule has 154 valence electrons. The van der Waals surface area contributed by atoms with Crippen molar-refractivity contribution in [1.82, 2.24) is 15.1 Å². The van der Waals surface area contributed by atoms with Crippen LogP contribution in [0.2, 0.25) is 0 Å². The number of nitrogens with one attached hydrogen (secondary N) is 1. The van der Waals surface area contributed by atoms with E-state index in [-0.39, 0.29) is 24.3 Å². The van der Waals surface area contributed by atoms with Crippen LogP contribution in [0.3, 0.4) is 0 Å². The summed E-state index contributed by atoms with van der Waals surface area (Å²) in [5.74, 6) is -0.438. The normalized spacial score (nSPS) is 14.4. The van der Waals surface area contributed by atoms with Crippen molar-refractivity contribution >= 4 is 17.6 Å². The van der Waals surface area contributed by atoms with E-state index in [1.807, 2.05) is 19.0 Å². The van der Waals surface area contributed by atoms with Crippen molar-refractivity contribution < 1.29 is 14.0 Å². The minimum atomic E-state index is -0.304. The van der Waals surface area contributed by atoms with Gasteiger partial charge in [0.15, 0.2) is 0 Å². The lowest BCUT2D eigenvalue weighted by Gasteiger charge is -2.35. The van der Waals surface area contributed by atoms with Crippen LogP contribution in [0.5, 0.6) is 0 Å². The van der Waals surface area contributed by atoms with Gasteiger partial charge in [0.25, 0.3) is 5.91 Å². The van der Waals surface area contributed by atoms with Gasteiger partial charge in [0, 0.05) is 43.0 Å². The summed E-state index contributed by atoms with van der Waals surface area (Å²) in [7, 11) is 3.90. The Morgan fingerprint density at radius 2 is 1.83 bits per heavy atom. The molecule has 1 saturated heterocycles. The number of amides is 3. The Kier molecular flexibility index (Phi) is 6.82. The fourth-order valence-electron chi connectivity index (χ4n) is 3.29. The molecule has 1 aliphatic rings. The van der Waals surface area contributed by atoms with Crippen LogP contribution in [0.25, 0.3) is 0 Å². The molecule has 6 nitrogen and oxygen atoms in total. The molecule has 1 aliphatic heterocycles.